The van der Waals surface area contributed by atoms with Crippen molar-refractivity contribution in [2.75, 3.05) is 32.2 Å². The van der Waals surface area contributed by atoms with Gasteiger partial charge in [0.25, 0.3) is 0 Å². The summed E-state index contributed by atoms with van der Waals surface area (Å²) in [6, 6.07) is 1.73. The maximum atomic E-state index is 5.39. The van der Waals surface area contributed by atoms with E-state index in [9.17, 15) is 0 Å². The molecule has 1 fully saturated rings. The van der Waals surface area contributed by atoms with Crippen LogP contribution in [0.1, 0.15) is 13.3 Å². The minimum absolute atomic E-state index is 0.187. The van der Waals surface area contributed by atoms with Crippen LogP contribution in [0.15, 0.2) is 12.3 Å². The fraction of sp³-hybridized carbons (Fsp3) is 0.636. The van der Waals surface area contributed by atoms with Gasteiger partial charge in [-0.3, -0.25) is 0 Å². The zero-order valence-electron chi connectivity index (χ0n) is 9.69. The Hall–Kier alpha value is -1.36. The van der Waals surface area contributed by atoms with Crippen LogP contribution in [0, 0.1) is 5.41 Å². The fourth-order valence-corrected chi connectivity index (χ4v) is 1.68. The lowest BCUT2D eigenvalue weighted by atomic mass is 9.90. The van der Waals surface area contributed by atoms with E-state index in [1.54, 1.807) is 19.4 Å². The second-order valence-corrected chi connectivity index (χ2v) is 4.39. The minimum Gasteiger partial charge on any atom is -0.481 e. The molecule has 0 saturated carbocycles. The summed E-state index contributed by atoms with van der Waals surface area (Å²) >= 11 is 0. The topological polar surface area (TPSA) is 56.3 Å². The molecule has 1 aliphatic rings. The van der Waals surface area contributed by atoms with Gasteiger partial charge in [0, 0.05) is 30.8 Å². The smallest absolute Gasteiger partial charge is 0.225 e. The van der Waals surface area contributed by atoms with Gasteiger partial charge in [-0.15, -0.1) is 0 Å². The lowest BCUT2D eigenvalue weighted by molar-refractivity contribution is 0.164. The molecule has 1 aliphatic heterocycles. The van der Waals surface area contributed by atoms with E-state index in [1.165, 1.54) is 0 Å². The van der Waals surface area contributed by atoms with Crippen molar-refractivity contribution in [2.45, 2.75) is 13.3 Å². The quantitative estimate of drug-likeness (QED) is 0.834. The van der Waals surface area contributed by atoms with E-state index in [2.05, 4.69) is 22.2 Å². The molecule has 0 spiro atoms. The van der Waals surface area contributed by atoms with Crippen LogP contribution >= 0.6 is 0 Å². The van der Waals surface area contributed by atoms with Gasteiger partial charge in [0.05, 0.1) is 13.7 Å². The van der Waals surface area contributed by atoms with Crippen LogP contribution in [0.4, 0.5) is 5.95 Å². The minimum atomic E-state index is 0.187. The highest BCUT2D eigenvalue weighted by Gasteiger charge is 2.29. The summed E-state index contributed by atoms with van der Waals surface area (Å²) in [6.45, 7) is 4.66. The van der Waals surface area contributed by atoms with Crippen molar-refractivity contribution in [3.63, 3.8) is 0 Å². The van der Waals surface area contributed by atoms with Crippen LogP contribution < -0.4 is 10.1 Å². The Morgan fingerprint density at radius 2 is 2.50 bits per heavy atom. The summed E-state index contributed by atoms with van der Waals surface area (Å²) in [7, 11) is 1.60. The monoisotopic (exact) mass is 223 g/mol. The molecule has 1 atom stereocenters. The molecule has 0 radical (unpaired) electrons. The van der Waals surface area contributed by atoms with Crippen molar-refractivity contribution in [3.8, 4) is 5.88 Å². The molecule has 0 bridgehead atoms. The molecule has 0 amide bonds. The molecule has 1 unspecified atom stereocenters. The molecule has 1 aromatic heterocycles. The van der Waals surface area contributed by atoms with Gasteiger partial charge in [0.2, 0.25) is 11.8 Å². The second-order valence-electron chi connectivity index (χ2n) is 4.39. The van der Waals surface area contributed by atoms with Crippen LogP contribution in [0.25, 0.3) is 0 Å². The maximum Gasteiger partial charge on any atom is 0.225 e. The Balaban J connectivity index is 1.93. The van der Waals surface area contributed by atoms with Gasteiger partial charge in [0.1, 0.15) is 0 Å². The Labute approximate surface area is 95.2 Å². The van der Waals surface area contributed by atoms with Crippen molar-refractivity contribution in [1.82, 2.24) is 9.97 Å². The van der Waals surface area contributed by atoms with Crippen molar-refractivity contribution < 1.29 is 9.47 Å². The molecular weight excluding hydrogens is 206 g/mol. The maximum absolute atomic E-state index is 5.39. The van der Waals surface area contributed by atoms with E-state index < -0.39 is 0 Å². The van der Waals surface area contributed by atoms with Gasteiger partial charge in [0.15, 0.2) is 0 Å². The Morgan fingerprint density at radius 3 is 3.19 bits per heavy atom. The number of hydrogen-bond donors (Lipinski definition) is 1. The SMILES string of the molecule is COc1ccnc(NCC2(C)CCOC2)n1. The third-order valence-electron chi connectivity index (χ3n) is 2.81. The summed E-state index contributed by atoms with van der Waals surface area (Å²) in [5.41, 5.74) is 0.187. The second kappa shape index (κ2) is 4.65. The predicted octanol–water partition coefficient (Wildman–Crippen LogP) is 1.32. The van der Waals surface area contributed by atoms with E-state index in [-0.39, 0.29) is 5.41 Å². The molecule has 2 rings (SSSR count). The van der Waals surface area contributed by atoms with Crippen molar-refractivity contribution >= 4 is 5.95 Å². The van der Waals surface area contributed by atoms with E-state index in [1.807, 2.05) is 0 Å². The number of nitrogens with zero attached hydrogens (tertiary/aromatic N) is 2. The van der Waals surface area contributed by atoms with Gasteiger partial charge in [-0.05, 0) is 6.42 Å². The molecule has 1 aromatic rings. The first kappa shape index (κ1) is 11.1. The van der Waals surface area contributed by atoms with Crippen LogP contribution in [0.5, 0.6) is 5.88 Å². The van der Waals surface area contributed by atoms with Crippen molar-refractivity contribution in [2.24, 2.45) is 5.41 Å². The highest BCUT2D eigenvalue weighted by Crippen LogP contribution is 2.27. The fourth-order valence-electron chi connectivity index (χ4n) is 1.68. The number of rotatable bonds is 4. The predicted molar refractivity (Wildman–Crippen MR) is 60.6 cm³/mol. The number of ether oxygens (including phenoxy) is 2. The van der Waals surface area contributed by atoms with E-state index in [4.69, 9.17) is 9.47 Å². The molecule has 16 heavy (non-hydrogen) atoms. The van der Waals surface area contributed by atoms with Crippen LogP contribution in [0.2, 0.25) is 0 Å². The summed E-state index contributed by atoms with van der Waals surface area (Å²) in [5.74, 6) is 1.18. The van der Waals surface area contributed by atoms with Gasteiger partial charge in [-0.25, -0.2) is 4.98 Å². The van der Waals surface area contributed by atoms with Crippen LogP contribution in [-0.2, 0) is 4.74 Å². The first-order valence-electron chi connectivity index (χ1n) is 5.40. The molecule has 2 heterocycles. The zero-order chi connectivity index (χ0) is 11.4. The zero-order valence-corrected chi connectivity index (χ0v) is 9.69. The van der Waals surface area contributed by atoms with Crippen molar-refractivity contribution in [1.29, 1.82) is 0 Å². The summed E-state index contributed by atoms with van der Waals surface area (Å²) in [6.07, 6.45) is 2.76. The highest BCUT2D eigenvalue weighted by molar-refractivity contribution is 5.27. The Morgan fingerprint density at radius 1 is 1.62 bits per heavy atom. The number of nitrogens with one attached hydrogen (secondary N) is 1. The molecule has 5 nitrogen and oxygen atoms in total. The number of aromatic nitrogens is 2. The summed E-state index contributed by atoms with van der Waals surface area (Å²) < 4.78 is 10.4. The number of anilines is 1. The van der Waals surface area contributed by atoms with Crippen LogP contribution in [0.3, 0.4) is 0 Å². The normalized spacial score (nSPS) is 24.4. The number of hydrogen-bond acceptors (Lipinski definition) is 5. The van der Waals surface area contributed by atoms with E-state index in [0.717, 1.165) is 26.2 Å². The largest absolute Gasteiger partial charge is 0.481 e. The molecule has 5 heteroatoms. The Kier molecular flexibility index (Phi) is 3.24. The standard InChI is InChI=1S/C11H17N3O2/c1-11(4-6-16-8-11)7-13-10-12-5-3-9(14-10)15-2/h3,5H,4,6-8H2,1-2H3,(H,12,13,14). The van der Waals surface area contributed by atoms with E-state index >= 15 is 0 Å². The molecule has 1 N–H and O–H groups in total. The lowest BCUT2D eigenvalue weighted by Gasteiger charge is -2.21. The van der Waals surface area contributed by atoms with E-state index in [0.29, 0.717) is 11.8 Å². The van der Waals surface area contributed by atoms with Gasteiger partial charge >= 0.3 is 0 Å². The highest BCUT2D eigenvalue weighted by atomic mass is 16.5. The molecule has 1 saturated heterocycles. The molecule has 0 aromatic carbocycles. The van der Waals surface area contributed by atoms with Gasteiger partial charge < -0.3 is 14.8 Å². The average Bonchev–Trinajstić information content (AvgIpc) is 2.75. The third-order valence-corrected chi connectivity index (χ3v) is 2.81. The molecular formula is C11H17N3O2. The summed E-state index contributed by atoms with van der Waals surface area (Å²) in [4.78, 5) is 8.33. The average molecular weight is 223 g/mol. The van der Waals surface area contributed by atoms with Gasteiger partial charge in [-0.2, -0.15) is 4.98 Å². The Bertz CT molecular complexity index is 351. The van der Waals surface area contributed by atoms with Crippen molar-refractivity contribution in [3.05, 3.63) is 12.3 Å². The number of methoxy groups -OCH3 is 1. The first-order valence-corrected chi connectivity index (χ1v) is 5.40. The lowest BCUT2D eigenvalue weighted by Crippen LogP contribution is -2.27. The molecule has 88 valence electrons. The van der Waals surface area contributed by atoms with Crippen LogP contribution in [-0.4, -0.2) is 36.8 Å². The first-order chi connectivity index (χ1) is 7.72. The third kappa shape index (κ3) is 2.61. The summed E-state index contributed by atoms with van der Waals surface area (Å²) in [5, 5.41) is 3.22. The van der Waals surface area contributed by atoms with Gasteiger partial charge in [-0.1, -0.05) is 6.92 Å². The molecule has 0 aliphatic carbocycles.